The standard InChI is InChI=1S/C20H23FN2O3/c1-5-26-20(25)16-12(3)17(22-13(16)4)19(24)23-8-6-7-14-9-11(2)10-15(21)18(14)23/h9-10,22H,5-8H2,1-4H3. The number of ether oxygens (including phenoxy) is 1. The molecule has 6 heteroatoms. The van der Waals surface area contributed by atoms with Gasteiger partial charge in [0.25, 0.3) is 5.91 Å². The van der Waals surface area contributed by atoms with Gasteiger partial charge in [0.2, 0.25) is 0 Å². The Morgan fingerprint density at radius 1 is 1.27 bits per heavy atom. The Balaban J connectivity index is 2.03. The second-order valence-corrected chi connectivity index (χ2v) is 6.66. The van der Waals surface area contributed by atoms with Gasteiger partial charge in [0.1, 0.15) is 11.5 Å². The molecule has 2 aromatic rings. The number of benzene rings is 1. The predicted molar refractivity (Wildman–Crippen MR) is 97.4 cm³/mol. The first kappa shape index (κ1) is 18.2. The zero-order valence-corrected chi connectivity index (χ0v) is 15.5. The molecule has 1 aromatic carbocycles. The molecule has 0 unspecified atom stereocenters. The van der Waals surface area contributed by atoms with Crippen molar-refractivity contribution in [2.75, 3.05) is 18.1 Å². The van der Waals surface area contributed by atoms with Crippen molar-refractivity contribution in [2.45, 2.75) is 40.5 Å². The lowest BCUT2D eigenvalue weighted by atomic mass is 9.98. The van der Waals surface area contributed by atoms with Gasteiger partial charge in [-0.15, -0.1) is 0 Å². The Morgan fingerprint density at radius 3 is 2.69 bits per heavy atom. The lowest BCUT2D eigenvalue weighted by Crippen LogP contribution is -2.37. The molecule has 1 N–H and O–H groups in total. The first-order chi connectivity index (χ1) is 12.3. The minimum Gasteiger partial charge on any atom is -0.462 e. The fourth-order valence-electron chi connectivity index (χ4n) is 3.65. The summed E-state index contributed by atoms with van der Waals surface area (Å²) < 4.78 is 19.7. The minimum absolute atomic E-state index is 0.260. The Morgan fingerprint density at radius 2 is 2.00 bits per heavy atom. The molecule has 0 fully saturated rings. The van der Waals surface area contributed by atoms with E-state index in [0.717, 1.165) is 24.0 Å². The van der Waals surface area contributed by atoms with Crippen LogP contribution in [-0.2, 0) is 11.2 Å². The highest BCUT2D eigenvalue weighted by atomic mass is 19.1. The van der Waals surface area contributed by atoms with Gasteiger partial charge in [-0.05, 0) is 63.3 Å². The predicted octanol–water partition coefficient (Wildman–Crippen LogP) is 3.85. The van der Waals surface area contributed by atoms with Crippen LogP contribution in [0.15, 0.2) is 12.1 Å². The zero-order valence-electron chi connectivity index (χ0n) is 15.5. The van der Waals surface area contributed by atoms with Crippen molar-refractivity contribution in [3.63, 3.8) is 0 Å². The number of carbonyl (C=O) groups excluding carboxylic acids is 2. The SMILES string of the molecule is CCOC(=O)c1c(C)[nH]c(C(=O)N2CCCc3cc(C)cc(F)c32)c1C. The number of esters is 1. The van der Waals surface area contributed by atoms with E-state index in [1.54, 1.807) is 20.8 Å². The van der Waals surface area contributed by atoms with E-state index in [0.29, 0.717) is 34.7 Å². The lowest BCUT2D eigenvalue weighted by Gasteiger charge is -2.30. The van der Waals surface area contributed by atoms with Gasteiger partial charge in [0.05, 0.1) is 17.9 Å². The fraction of sp³-hybridized carbons (Fsp3) is 0.400. The highest BCUT2D eigenvalue weighted by Gasteiger charge is 2.31. The number of aromatic nitrogens is 1. The number of amides is 1. The molecule has 26 heavy (non-hydrogen) atoms. The number of anilines is 1. The van der Waals surface area contributed by atoms with Crippen molar-refractivity contribution in [1.29, 1.82) is 0 Å². The summed E-state index contributed by atoms with van der Waals surface area (Å²) in [6, 6.07) is 3.37. The van der Waals surface area contributed by atoms with E-state index in [4.69, 9.17) is 4.74 Å². The fourth-order valence-corrected chi connectivity index (χ4v) is 3.65. The molecule has 0 spiro atoms. The van der Waals surface area contributed by atoms with Crippen molar-refractivity contribution >= 4 is 17.6 Å². The summed E-state index contributed by atoms with van der Waals surface area (Å²) >= 11 is 0. The van der Waals surface area contributed by atoms with E-state index in [9.17, 15) is 14.0 Å². The molecule has 1 amide bonds. The van der Waals surface area contributed by atoms with E-state index >= 15 is 0 Å². The summed E-state index contributed by atoms with van der Waals surface area (Å²) in [6.45, 7) is 7.71. The summed E-state index contributed by atoms with van der Waals surface area (Å²) in [6.07, 6.45) is 1.51. The van der Waals surface area contributed by atoms with Crippen LogP contribution in [0.2, 0.25) is 0 Å². The molecule has 0 radical (unpaired) electrons. The van der Waals surface area contributed by atoms with Crippen LogP contribution in [0.1, 0.15) is 56.6 Å². The number of halogens is 1. The maximum atomic E-state index is 14.6. The molecule has 1 aliphatic rings. The molecule has 1 aromatic heterocycles. The van der Waals surface area contributed by atoms with Crippen molar-refractivity contribution < 1.29 is 18.7 Å². The number of H-pyrrole nitrogens is 1. The summed E-state index contributed by atoms with van der Waals surface area (Å²) in [4.78, 5) is 29.8. The van der Waals surface area contributed by atoms with Gasteiger partial charge in [-0.2, -0.15) is 0 Å². The van der Waals surface area contributed by atoms with Gasteiger partial charge in [0.15, 0.2) is 0 Å². The van der Waals surface area contributed by atoms with Gasteiger partial charge >= 0.3 is 5.97 Å². The van der Waals surface area contributed by atoms with Gasteiger partial charge < -0.3 is 14.6 Å². The molecule has 0 saturated carbocycles. The number of fused-ring (bicyclic) bond motifs is 1. The number of nitrogens with zero attached hydrogens (tertiary/aromatic N) is 1. The molecule has 0 aliphatic carbocycles. The number of carbonyl (C=O) groups is 2. The Kier molecular flexibility index (Phi) is 4.85. The quantitative estimate of drug-likeness (QED) is 0.848. The lowest BCUT2D eigenvalue weighted by molar-refractivity contribution is 0.0525. The largest absolute Gasteiger partial charge is 0.462 e. The zero-order chi connectivity index (χ0) is 19.0. The van der Waals surface area contributed by atoms with Crippen molar-refractivity contribution in [2.24, 2.45) is 0 Å². The van der Waals surface area contributed by atoms with E-state index in [1.807, 2.05) is 13.0 Å². The second-order valence-electron chi connectivity index (χ2n) is 6.66. The smallest absolute Gasteiger partial charge is 0.340 e. The average Bonchev–Trinajstić information content (AvgIpc) is 2.88. The maximum Gasteiger partial charge on any atom is 0.340 e. The maximum absolute atomic E-state index is 14.6. The first-order valence-electron chi connectivity index (χ1n) is 8.82. The number of aryl methyl sites for hydroxylation is 3. The summed E-state index contributed by atoms with van der Waals surface area (Å²) in [7, 11) is 0. The Labute approximate surface area is 152 Å². The first-order valence-corrected chi connectivity index (χ1v) is 8.82. The number of hydrogen-bond acceptors (Lipinski definition) is 3. The molecule has 0 saturated heterocycles. The third-order valence-electron chi connectivity index (χ3n) is 4.76. The normalized spacial score (nSPS) is 13.5. The molecular weight excluding hydrogens is 335 g/mol. The monoisotopic (exact) mass is 358 g/mol. The van der Waals surface area contributed by atoms with Gasteiger partial charge in [0, 0.05) is 12.2 Å². The van der Waals surface area contributed by atoms with E-state index < -0.39 is 5.97 Å². The number of rotatable bonds is 3. The van der Waals surface area contributed by atoms with E-state index in [-0.39, 0.29) is 18.3 Å². The Bertz CT molecular complexity index is 886. The average molecular weight is 358 g/mol. The molecule has 3 rings (SSSR count). The van der Waals surface area contributed by atoms with Gasteiger partial charge in [-0.25, -0.2) is 9.18 Å². The van der Waals surface area contributed by atoms with Crippen LogP contribution in [0.5, 0.6) is 0 Å². The third-order valence-corrected chi connectivity index (χ3v) is 4.76. The molecular formula is C20H23FN2O3. The topological polar surface area (TPSA) is 62.4 Å². The van der Waals surface area contributed by atoms with Crippen LogP contribution in [-0.4, -0.2) is 30.0 Å². The minimum atomic E-state index is -0.460. The number of hydrogen-bond donors (Lipinski definition) is 1. The van der Waals surface area contributed by atoms with Crippen LogP contribution < -0.4 is 4.90 Å². The van der Waals surface area contributed by atoms with Gasteiger partial charge in [-0.1, -0.05) is 6.07 Å². The van der Waals surface area contributed by atoms with Crippen molar-refractivity contribution in [1.82, 2.24) is 4.98 Å². The third kappa shape index (κ3) is 3.00. The molecule has 138 valence electrons. The highest BCUT2D eigenvalue weighted by Crippen LogP contribution is 2.33. The highest BCUT2D eigenvalue weighted by molar-refractivity contribution is 6.08. The van der Waals surface area contributed by atoms with Crippen LogP contribution in [0.3, 0.4) is 0 Å². The van der Waals surface area contributed by atoms with Crippen LogP contribution in [0, 0.1) is 26.6 Å². The second kappa shape index (κ2) is 6.94. The summed E-state index contributed by atoms with van der Waals surface area (Å²) in [5.74, 6) is -1.18. The molecule has 2 heterocycles. The van der Waals surface area contributed by atoms with Crippen molar-refractivity contribution in [3.05, 3.63) is 51.6 Å². The summed E-state index contributed by atoms with van der Waals surface area (Å²) in [5, 5.41) is 0. The van der Waals surface area contributed by atoms with Crippen LogP contribution in [0.4, 0.5) is 10.1 Å². The van der Waals surface area contributed by atoms with E-state index in [2.05, 4.69) is 4.98 Å². The molecule has 0 bridgehead atoms. The van der Waals surface area contributed by atoms with Gasteiger partial charge in [-0.3, -0.25) is 4.79 Å². The Hall–Kier alpha value is -2.63. The van der Waals surface area contributed by atoms with Crippen LogP contribution in [0.25, 0.3) is 0 Å². The van der Waals surface area contributed by atoms with E-state index in [1.165, 1.54) is 11.0 Å². The summed E-state index contributed by atoms with van der Waals surface area (Å²) in [5.41, 5.74) is 3.81. The molecule has 1 aliphatic heterocycles. The number of aromatic amines is 1. The molecule has 0 atom stereocenters. The molecule has 5 nitrogen and oxygen atoms in total. The van der Waals surface area contributed by atoms with Crippen LogP contribution >= 0.6 is 0 Å². The number of nitrogens with one attached hydrogen (secondary N) is 1. The van der Waals surface area contributed by atoms with Crippen molar-refractivity contribution in [3.8, 4) is 0 Å².